The van der Waals surface area contributed by atoms with Crippen LogP contribution in [0.1, 0.15) is 5.56 Å². The van der Waals surface area contributed by atoms with Gasteiger partial charge in [0.15, 0.2) is 29.6 Å². The number of amides is 1. The number of imidazole rings is 1. The molecule has 10 heteroatoms. The van der Waals surface area contributed by atoms with Crippen molar-refractivity contribution in [1.82, 2.24) is 14.6 Å². The van der Waals surface area contributed by atoms with Crippen LogP contribution in [-0.4, -0.2) is 48.4 Å². The number of ether oxygens (including phenoxy) is 4. The minimum absolute atomic E-state index is 0.211. The van der Waals surface area contributed by atoms with Gasteiger partial charge in [-0.3, -0.25) is 4.79 Å². The fraction of sp³-hybridized carbons (Fsp3) is 0.174. The Hall–Kier alpha value is -4.65. The van der Waals surface area contributed by atoms with E-state index in [4.69, 9.17) is 18.9 Å². The summed E-state index contributed by atoms with van der Waals surface area (Å²) >= 11 is 0. The van der Waals surface area contributed by atoms with Gasteiger partial charge >= 0.3 is 0 Å². The SMILES string of the molecule is COc1cc(-c2[nH]c3c(C#N)cnn3c2NC(=O)COc2ccccc2)cc(OC)c1OC. The number of aromatic nitrogens is 3. The van der Waals surface area contributed by atoms with E-state index in [9.17, 15) is 10.1 Å². The Morgan fingerprint density at radius 2 is 1.82 bits per heavy atom. The molecular weight excluding hydrogens is 426 g/mol. The van der Waals surface area contributed by atoms with Crippen LogP contribution >= 0.6 is 0 Å². The predicted molar refractivity (Wildman–Crippen MR) is 120 cm³/mol. The van der Waals surface area contributed by atoms with Crippen molar-refractivity contribution in [2.24, 2.45) is 0 Å². The number of rotatable bonds is 8. The molecule has 0 aliphatic rings. The van der Waals surface area contributed by atoms with Gasteiger partial charge in [0.05, 0.1) is 33.2 Å². The zero-order valence-corrected chi connectivity index (χ0v) is 18.2. The first-order valence-corrected chi connectivity index (χ1v) is 9.87. The maximum Gasteiger partial charge on any atom is 0.263 e. The molecule has 33 heavy (non-hydrogen) atoms. The number of benzene rings is 2. The number of hydrogen-bond donors (Lipinski definition) is 2. The molecule has 0 fully saturated rings. The van der Waals surface area contributed by atoms with Crippen molar-refractivity contribution in [2.45, 2.75) is 0 Å². The van der Waals surface area contributed by atoms with E-state index in [1.165, 1.54) is 32.0 Å². The van der Waals surface area contributed by atoms with E-state index in [1.807, 2.05) is 18.2 Å². The molecule has 0 radical (unpaired) electrons. The average Bonchev–Trinajstić information content (AvgIpc) is 3.42. The van der Waals surface area contributed by atoms with Crippen LogP contribution in [0.25, 0.3) is 16.9 Å². The lowest BCUT2D eigenvalue weighted by Gasteiger charge is -2.14. The zero-order chi connectivity index (χ0) is 23.4. The highest BCUT2D eigenvalue weighted by atomic mass is 16.5. The van der Waals surface area contributed by atoms with Crippen LogP contribution < -0.4 is 24.3 Å². The number of hydrogen-bond acceptors (Lipinski definition) is 7. The third-order valence-electron chi connectivity index (χ3n) is 4.91. The molecule has 0 spiro atoms. The van der Waals surface area contributed by atoms with Crippen molar-refractivity contribution in [1.29, 1.82) is 5.26 Å². The van der Waals surface area contributed by atoms with Crippen LogP contribution in [0.2, 0.25) is 0 Å². The van der Waals surface area contributed by atoms with Crippen molar-refractivity contribution >= 4 is 17.4 Å². The molecule has 4 aromatic rings. The number of nitriles is 1. The number of anilines is 1. The Kier molecular flexibility index (Phi) is 6.04. The second kappa shape index (κ2) is 9.23. The van der Waals surface area contributed by atoms with Gasteiger partial charge in [0.1, 0.15) is 17.4 Å². The van der Waals surface area contributed by atoms with E-state index in [-0.39, 0.29) is 6.61 Å². The number of fused-ring (bicyclic) bond motifs is 1. The van der Waals surface area contributed by atoms with Gasteiger partial charge in [-0.05, 0) is 24.3 Å². The molecule has 0 aliphatic heterocycles. The van der Waals surface area contributed by atoms with E-state index in [0.717, 1.165) is 0 Å². The Morgan fingerprint density at radius 1 is 1.12 bits per heavy atom. The van der Waals surface area contributed by atoms with Crippen molar-refractivity contribution in [3.05, 3.63) is 54.2 Å². The second-order valence-corrected chi connectivity index (χ2v) is 6.84. The lowest BCUT2D eigenvalue weighted by molar-refractivity contribution is -0.118. The molecule has 0 saturated carbocycles. The first kappa shape index (κ1) is 21.6. The third-order valence-corrected chi connectivity index (χ3v) is 4.91. The molecule has 0 aliphatic carbocycles. The van der Waals surface area contributed by atoms with Crippen LogP contribution in [0.5, 0.6) is 23.0 Å². The summed E-state index contributed by atoms with van der Waals surface area (Å²) < 4.78 is 23.3. The monoisotopic (exact) mass is 447 g/mol. The van der Waals surface area contributed by atoms with Crippen LogP contribution in [0, 0.1) is 11.3 Å². The van der Waals surface area contributed by atoms with Crippen LogP contribution in [-0.2, 0) is 4.79 Å². The van der Waals surface area contributed by atoms with Gasteiger partial charge in [-0.25, -0.2) is 0 Å². The van der Waals surface area contributed by atoms with Crippen molar-refractivity contribution in [2.75, 3.05) is 33.3 Å². The fourth-order valence-corrected chi connectivity index (χ4v) is 3.39. The van der Waals surface area contributed by atoms with E-state index >= 15 is 0 Å². The summed E-state index contributed by atoms with van der Waals surface area (Å²) in [7, 11) is 4.54. The number of nitrogens with one attached hydrogen (secondary N) is 2. The topological polar surface area (TPSA) is 123 Å². The Morgan fingerprint density at radius 3 is 2.42 bits per heavy atom. The van der Waals surface area contributed by atoms with Gasteiger partial charge in [-0.1, -0.05) is 18.2 Å². The van der Waals surface area contributed by atoms with Crippen LogP contribution in [0.15, 0.2) is 48.7 Å². The molecule has 0 saturated heterocycles. The Labute approximate surface area is 189 Å². The van der Waals surface area contributed by atoms with E-state index in [1.54, 1.807) is 24.3 Å². The Balaban J connectivity index is 1.75. The number of carbonyl (C=O) groups is 1. The zero-order valence-electron chi connectivity index (χ0n) is 18.2. The van der Waals surface area contributed by atoms with E-state index in [0.29, 0.717) is 51.3 Å². The smallest absolute Gasteiger partial charge is 0.263 e. The number of carbonyl (C=O) groups excluding carboxylic acids is 1. The summed E-state index contributed by atoms with van der Waals surface area (Å²) in [5, 5.41) is 16.5. The average molecular weight is 447 g/mol. The summed E-state index contributed by atoms with van der Waals surface area (Å²) in [5.74, 6) is 1.81. The lowest BCUT2D eigenvalue weighted by atomic mass is 10.1. The number of methoxy groups -OCH3 is 3. The minimum atomic E-state index is -0.401. The number of para-hydroxylation sites is 1. The number of nitrogens with zero attached hydrogens (tertiary/aromatic N) is 3. The summed E-state index contributed by atoms with van der Waals surface area (Å²) in [5.41, 5.74) is 1.88. The standard InChI is InChI=1S/C23H21N5O5/c1-30-17-9-14(10-18(31-2)21(17)32-3)20-23(28-22(27-20)15(11-24)12-25-28)26-19(29)13-33-16-7-5-4-6-8-16/h4-10,12,27H,13H2,1-3H3,(H,26,29). The van der Waals surface area contributed by atoms with Gasteiger partial charge in [0.2, 0.25) is 5.75 Å². The fourth-order valence-electron chi connectivity index (χ4n) is 3.39. The first-order chi connectivity index (χ1) is 16.1. The van der Waals surface area contributed by atoms with Crippen LogP contribution in [0.3, 0.4) is 0 Å². The number of aromatic amines is 1. The molecule has 2 heterocycles. The molecular formula is C23H21N5O5. The predicted octanol–water partition coefficient (Wildman–Crippen LogP) is 3.24. The van der Waals surface area contributed by atoms with Gasteiger partial charge < -0.3 is 29.2 Å². The van der Waals surface area contributed by atoms with Crippen molar-refractivity contribution in [3.63, 3.8) is 0 Å². The largest absolute Gasteiger partial charge is 0.493 e. The normalized spacial score (nSPS) is 10.5. The summed E-state index contributed by atoms with van der Waals surface area (Å²) in [4.78, 5) is 15.9. The molecule has 10 nitrogen and oxygen atoms in total. The molecule has 2 aromatic heterocycles. The molecule has 2 aromatic carbocycles. The van der Waals surface area contributed by atoms with Gasteiger partial charge in [-0.15, -0.1) is 0 Å². The maximum atomic E-state index is 12.7. The lowest BCUT2D eigenvalue weighted by Crippen LogP contribution is -2.21. The molecule has 1 amide bonds. The Bertz CT molecular complexity index is 1310. The minimum Gasteiger partial charge on any atom is -0.493 e. The summed E-state index contributed by atoms with van der Waals surface area (Å²) in [6, 6.07) is 14.6. The highest BCUT2D eigenvalue weighted by Gasteiger charge is 2.22. The molecule has 2 N–H and O–H groups in total. The van der Waals surface area contributed by atoms with E-state index < -0.39 is 5.91 Å². The number of H-pyrrole nitrogens is 1. The highest BCUT2D eigenvalue weighted by molar-refractivity contribution is 5.96. The molecule has 0 atom stereocenters. The van der Waals surface area contributed by atoms with E-state index in [2.05, 4.69) is 21.5 Å². The van der Waals surface area contributed by atoms with Crippen molar-refractivity contribution in [3.8, 4) is 40.3 Å². The van der Waals surface area contributed by atoms with Crippen molar-refractivity contribution < 1.29 is 23.7 Å². The summed E-state index contributed by atoms with van der Waals surface area (Å²) in [6.07, 6.45) is 1.42. The van der Waals surface area contributed by atoms with Gasteiger partial charge in [0, 0.05) is 5.56 Å². The summed E-state index contributed by atoms with van der Waals surface area (Å²) in [6.45, 7) is -0.211. The molecule has 0 unspecified atom stereocenters. The molecule has 168 valence electrons. The van der Waals surface area contributed by atoms with Crippen LogP contribution in [0.4, 0.5) is 5.82 Å². The first-order valence-electron chi connectivity index (χ1n) is 9.87. The van der Waals surface area contributed by atoms with Gasteiger partial charge in [-0.2, -0.15) is 14.9 Å². The molecule has 0 bridgehead atoms. The molecule has 4 rings (SSSR count). The quantitative estimate of drug-likeness (QED) is 0.425. The third kappa shape index (κ3) is 4.12. The highest BCUT2D eigenvalue weighted by Crippen LogP contribution is 2.42. The second-order valence-electron chi connectivity index (χ2n) is 6.84. The van der Waals surface area contributed by atoms with Gasteiger partial charge in [0.25, 0.3) is 5.91 Å². The maximum absolute atomic E-state index is 12.7.